The van der Waals surface area contributed by atoms with Crippen LogP contribution in [0.5, 0.6) is 5.75 Å². The smallest absolute Gasteiger partial charge is 0.287 e. The van der Waals surface area contributed by atoms with E-state index in [1.54, 1.807) is 24.0 Å². The van der Waals surface area contributed by atoms with Gasteiger partial charge in [0.1, 0.15) is 11.5 Å². The van der Waals surface area contributed by atoms with Crippen molar-refractivity contribution in [3.63, 3.8) is 0 Å². The van der Waals surface area contributed by atoms with Gasteiger partial charge in [-0.05, 0) is 50.6 Å². The summed E-state index contributed by atoms with van der Waals surface area (Å²) < 4.78 is 13.4. The van der Waals surface area contributed by atoms with Gasteiger partial charge >= 0.3 is 0 Å². The molecule has 0 aliphatic carbocycles. The third-order valence-electron chi connectivity index (χ3n) is 4.08. The van der Waals surface area contributed by atoms with Crippen molar-refractivity contribution in [3.05, 3.63) is 65.9 Å². The van der Waals surface area contributed by atoms with Crippen LogP contribution in [0.15, 0.2) is 58.4 Å². The van der Waals surface area contributed by atoms with Crippen LogP contribution in [0.3, 0.4) is 0 Å². The van der Waals surface area contributed by atoms with Crippen molar-refractivity contribution in [2.75, 3.05) is 0 Å². The summed E-state index contributed by atoms with van der Waals surface area (Å²) in [6.45, 7) is 5.91. The van der Waals surface area contributed by atoms with Crippen LogP contribution in [-0.4, -0.2) is 21.6 Å². The quantitative estimate of drug-likeness (QED) is 0.561. The first-order valence-electron chi connectivity index (χ1n) is 9.18. The molecule has 3 rings (SSSR count). The fourth-order valence-corrected chi connectivity index (χ4v) is 3.51. The van der Waals surface area contributed by atoms with Crippen molar-refractivity contribution in [1.82, 2.24) is 14.9 Å². The minimum Gasteiger partial charge on any atom is -0.491 e. The maximum absolute atomic E-state index is 12.5. The number of amides is 1. The highest BCUT2D eigenvalue weighted by atomic mass is 32.2. The fourth-order valence-electron chi connectivity index (χ4n) is 2.68. The zero-order valence-corrected chi connectivity index (χ0v) is 17.3. The summed E-state index contributed by atoms with van der Waals surface area (Å²) in [6, 6.07) is 11.1. The Morgan fingerprint density at radius 2 is 2.11 bits per heavy atom. The molecular formula is C21H25N3O3S. The standard InChI is InChI=1S/C21H25N3O3S/c1-14(2)26-17-7-5-6-16(12-17)15(3)23-20(25)19-9-8-18(27-19)13-28-21-22-10-11-24(21)4/h5-12,14-15H,13H2,1-4H3,(H,23,25). The Morgan fingerprint density at radius 1 is 1.29 bits per heavy atom. The van der Waals surface area contributed by atoms with Gasteiger partial charge in [-0.1, -0.05) is 23.9 Å². The van der Waals surface area contributed by atoms with Crippen molar-refractivity contribution in [2.24, 2.45) is 7.05 Å². The molecule has 1 amide bonds. The van der Waals surface area contributed by atoms with Gasteiger partial charge in [-0.3, -0.25) is 4.79 Å². The Morgan fingerprint density at radius 3 is 2.82 bits per heavy atom. The van der Waals surface area contributed by atoms with Crippen molar-refractivity contribution in [1.29, 1.82) is 0 Å². The van der Waals surface area contributed by atoms with Gasteiger partial charge in [-0.15, -0.1) is 0 Å². The van der Waals surface area contributed by atoms with E-state index in [1.165, 1.54) is 0 Å². The number of aryl methyl sites for hydroxylation is 1. The predicted molar refractivity (Wildman–Crippen MR) is 110 cm³/mol. The molecule has 0 fully saturated rings. The second-order valence-corrected chi connectivity index (χ2v) is 7.75. The van der Waals surface area contributed by atoms with Crippen LogP contribution in [0, 0.1) is 0 Å². The van der Waals surface area contributed by atoms with Gasteiger partial charge in [0, 0.05) is 19.4 Å². The number of benzene rings is 1. The zero-order chi connectivity index (χ0) is 20.1. The lowest BCUT2D eigenvalue weighted by atomic mass is 10.1. The molecule has 1 atom stereocenters. The lowest BCUT2D eigenvalue weighted by Gasteiger charge is -2.16. The Bertz CT molecular complexity index is 932. The number of furan rings is 1. The summed E-state index contributed by atoms with van der Waals surface area (Å²) in [7, 11) is 1.94. The van der Waals surface area contributed by atoms with E-state index < -0.39 is 0 Å². The summed E-state index contributed by atoms with van der Waals surface area (Å²) in [5.74, 6) is 2.20. The topological polar surface area (TPSA) is 69.3 Å². The molecule has 28 heavy (non-hydrogen) atoms. The monoisotopic (exact) mass is 399 g/mol. The van der Waals surface area contributed by atoms with Crippen molar-refractivity contribution < 1.29 is 13.9 Å². The number of carbonyl (C=O) groups excluding carboxylic acids is 1. The molecule has 1 N–H and O–H groups in total. The van der Waals surface area contributed by atoms with Gasteiger partial charge in [-0.25, -0.2) is 4.98 Å². The van der Waals surface area contributed by atoms with Crippen molar-refractivity contribution in [2.45, 2.75) is 43.8 Å². The maximum Gasteiger partial charge on any atom is 0.287 e. The third kappa shape index (κ3) is 5.19. The van der Waals surface area contributed by atoms with Crippen LogP contribution in [-0.2, 0) is 12.8 Å². The third-order valence-corrected chi connectivity index (χ3v) is 5.16. The highest BCUT2D eigenvalue weighted by molar-refractivity contribution is 7.98. The van der Waals surface area contributed by atoms with Crippen LogP contribution < -0.4 is 10.1 Å². The van der Waals surface area contributed by atoms with E-state index in [0.717, 1.165) is 22.2 Å². The first-order valence-corrected chi connectivity index (χ1v) is 10.2. The van der Waals surface area contributed by atoms with Gasteiger partial charge < -0.3 is 19.0 Å². The number of imidazole rings is 1. The van der Waals surface area contributed by atoms with E-state index >= 15 is 0 Å². The van der Waals surface area contributed by atoms with Crippen molar-refractivity contribution >= 4 is 17.7 Å². The average Bonchev–Trinajstić information content (AvgIpc) is 3.28. The van der Waals surface area contributed by atoms with Crippen LogP contribution in [0.1, 0.15) is 48.7 Å². The van der Waals surface area contributed by atoms with Gasteiger partial charge in [-0.2, -0.15) is 0 Å². The summed E-state index contributed by atoms with van der Waals surface area (Å²) >= 11 is 1.56. The van der Waals surface area contributed by atoms with Gasteiger partial charge in [0.25, 0.3) is 5.91 Å². The van der Waals surface area contributed by atoms with Crippen LogP contribution >= 0.6 is 11.8 Å². The predicted octanol–water partition coefficient (Wildman–Crippen LogP) is 4.58. The Kier molecular flexibility index (Phi) is 6.46. The summed E-state index contributed by atoms with van der Waals surface area (Å²) in [6.07, 6.45) is 3.75. The minimum atomic E-state index is -0.240. The Hall–Kier alpha value is -2.67. The Balaban J connectivity index is 1.58. The van der Waals surface area contributed by atoms with Gasteiger partial charge in [0.2, 0.25) is 0 Å². The number of ether oxygens (including phenoxy) is 1. The first kappa shape index (κ1) is 20.1. The fraction of sp³-hybridized carbons (Fsp3) is 0.333. The molecule has 7 heteroatoms. The second-order valence-electron chi connectivity index (χ2n) is 6.81. The van der Waals surface area contributed by atoms with Crippen LogP contribution in [0.25, 0.3) is 0 Å². The summed E-state index contributed by atoms with van der Waals surface area (Å²) in [4.78, 5) is 16.8. The number of hydrogen-bond acceptors (Lipinski definition) is 5. The second kappa shape index (κ2) is 9.01. The molecule has 1 aromatic carbocycles. The molecule has 0 radical (unpaired) electrons. The summed E-state index contributed by atoms with van der Waals surface area (Å²) in [5, 5.41) is 3.88. The van der Waals surface area contributed by atoms with E-state index in [9.17, 15) is 4.79 Å². The lowest BCUT2D eigenvalue weighted by Crippen LogP contribution is -2.26. The zero-order valence-electron chi connectivity index (χ0n) is 16.5. The Labute approximate surface area is 169 Å². The highest BCUT2D eigenvalue weighted by Gasteiger charge is 2.16. The highest BCUT2D eigenvalue weighted by Crippen LogP contribution is 2.23. The largest absolute Gasteiger partial charge is 0.491 e. The molecular weight excluding hydrogens is 374 g/mol. The van der Waals surface area contributed by atoms with E-state index in [2.05, 4.69) is 10.3 Å². The SMILES string of the molecule is CC(C)Oc1cccc(C(C)NC(=O)c2ccc(CSc3nccn3C)o2)c1. The number of nitrogens with zero attached hydrogens (tertiary/aromatic N) is 2. The molecule has 0 spiro atoms. The van der Waals surface area contributed by atoms with E-state index in [4.69, 9.17) is 9.15 Å². The van der Waals surface area contributed by atoms with E-state index in [-0.39, 0.29) is 18.1 Å². The van der Waals surface area contributed by atoms with Crippen molar-refractivity contribution in [3.8, 4) is 5.75 Å². The number of carbonyl (C=O) groups is 1. The molecule has 0 bridgehead atoms. The molecule has 0 saturated carbocycles. The molecule has 1 unspecified atom stereocenters. The molecule has 2 aromatic heterocycles. The molecule has 2 heterocycles. The minimum absolute atomic E-state index is 0.102. The molecule has 0 saturated heterocycles. The number of hydrogen-bond donors (Lipinski definition) is 1. The molecule has 0 aliphatic rings. The average molecular weight is 400 g/mol. The molecule has 148 valence electrons. The molecule has 0 aliphatic heterocycles. The lowest BCUT2D eigenvalue weighted by molar-refractivity contribution is 0.0910. The molecule has 3 aromatic rings. The molecule has 6 nitrogen and oxygen atoms in total. The van der Waals surface area contributed by atoms with Crippen LogP contribution in [0.4, 0.5) is 0 Å². The first-order chi connectivity index (χ1) is 13.4. The normalized spacial score (nSPS) is 12.2. The number of nitrogens with one attached hydrogen (secondary N) is 1. The summed E-state index contributed by atoms with van der Waals surface area (Å²) in [5.41, 5.74) is 0.976. The van der Waals surface area contributed by atoms with Gasteiger partial charge in [0.15, 0.2) is 10.9 Å². The number of aromatic nitrogens is 2. The maximum atomic E-state index is 12.5. The van der Waals surface area contributed by atoms with E-state index in [1.807, 2.05) is 68.9 Å². The van der Waals surface area contributed by atoms with Gasteiger partial charge in [0.05, 0.1) is 17.9 Å². The number of rotatable bonds is 8. The van der Waals surface area contributed by atoms with E-state index in [0.29, 0.717) is 11.5 Å². The van der Waals surface area contributed by atoms with Crippen LogP contribution in [0.2, 0.25) is 0 Å². The number of thioether (sulfide) groups is 1.